The van der Waals surface area contributed by atoms with Gasteiger partial charge in [0.1, 0.15) is 0 Å². The van der Waals surface area contributed by atoms with E-state index in [0.717, 1.165) is 32.7 Å². The molecule has 1 fully saturated rings. The van der Waals surface area contributed by atoms with E-state index in [1.165, 1.54) is 22.4 Å². The van der Waals surface area contributed by atoms with Crippen molar-refractivity contribution in [1.29, 1.82) is 0 Å². The first kappa shape index (κ1) is 14.2. The zero-order chi connectivity index (χ0) is 14.7. The number of aryl methyl sites for hydroxylation is 2. The highest BCUT2D eigenvalue weighted by Crippen LogP contribution is 2.17. The Kier molecular flexibility index (Phi) is 4.26. The van der Waals surface area contributed by atoms with Crippen molar-refractivity contribution in [3.05, 3.63) is 65.2 Å². The van der Waals surface area contributed by atoms with Crippen molar-refractivity contribution in [1.82, 2.24) is 4.90 Å². The number of benzene rings is 2. The first-order valence-corrected chi connectivity index (χ1v) is 7.80. The minimum Gasteiger partial charge on any atom is -0.369 e. The fourth-order valence-corrected chi connectivity index (χ4v) is 3.22. The molecule has 1 aliphatic heterocycles. The Bertz CT molecular complexity index is 564. The molecular weight excluding hydrogens is 256 g/mol. The topological polar surface area (TPSA) is 6.48 Å². The Morgan fingerprint density at radius 2 is 1.43 bits per heavy atom. The molecule has 0 saturated carbocycles. The predicted molar refractivity (Wildman–Crippen MR) is 89.8 cm³/mol. The average molecular weight is 280 g/mol. The molecule has 0 unspecified atom stereocenters. The van der Waals surface area contributed by atoms with Gasteiger partial charge in [0.2, 0.25) is 0 Å². The molecule has 2 nitrogen and oxygen atoms in total. The number of para-hydroxylation sites is 1. The molecule has 21 heavy (non-hydrogen) atoms. The maximum atomic E-state index is 2.56. The molecule has 2 aromatic rings. The quantitative estimate of drug-likeness (QED) is 0.847. The zero-order valence-electron chi connectivity index (χ0n) is 13.0. The number of hydrogen-bond donors (Lipinski definition) is 0. The van der Waals surface area contributed by atoms with Gasteiger partial charge in [-0.2, -0.15) is 0 Å². The molecule has 1 aliphatic rings. The minimum atomic E-state index is 1.07. The minimum absolute atomic E-state index is 1.07. The molecular formula is C19H24N2. The van der Waals surface area contributed by atoms with Crippen molar-refractivity contribution in [2.45, 2.75) is 20.4 Å². The number of rotatable bonds is 3. The van der Waals surface area contributed by atoms with Crippen LogP contribution in [0.25, 0.3) is 0 Å². The smallest absolute Gasteiger partial charge is 0.0367 e. The highest BCUT2D eigenvalue weighted by molar-refractivity contribution is 5.46. The third kappa shape index (κ3) is 3.64. The Labute approximate surface area is 128 Å². The third-order valence-corrected chi connectivity index (χ3v) is 4.18. The van der Waals surface area contributed by atoms with Crippen LogP contribution in [0.5, 0.6) is 0 Å². The van der Waals surface area contributed by atoms with Crippen molar-refractivity contribution in [3.63, 3.8) is 0 Å². The summed E-state index contributed by atoms with van der Waals surface area (Å²) in [6, 6.07) is 17.6. The van der Waals surface area contributed by atoms with Gasteiger partial charge in [0.25, 0.3) is 0 Å². The molecule has 110 valence electrons. The Morgan fingerprint density at radius 1 is 0.810 bits per heavy atom. The normalized spacial score (nSPS) is 16.2. The summed E-state index contributed by atoms with van der Waals surface area (Å²) in [6.07, 6.45) is 0. The largest absolute Gasteiger partial charge is 0.369 e. The lowest BCUT2D eigenvalue weighted by atomic mass is 10.1. The van der Waals surface area contributed by atoms with Crippen LogP contribution >= 0.6 is 0 Å². The van der Waals surface area contributed by atoms with Crippen LogP contribution in [0.1, 0.15) is 16.7 Å². The SMILES string of the molecule is Cc1cc(C)cc(CN2CCN(c3ccccc3)CC2)c1. The molecule has 0 amide bonds. The van der Waals surface area contributed by atoms with Crippen molar-refractivity contribution < 1.29 is 0 Å². The molecule has 1 saturated heterocycles. The summed E-state index contributed by atoms with van der Waals surface area (Å²) in [7, 11) is 0. The lowest BCUT2D eigenvalue weighted by molar-refractivity contribution is 0.250. The summed E-state index contributed by atoms with van der Waals surface area (Å²) in [6.45, 7) is 9.96. The van der Waals surface area contributed by atoms with Gasteiger partial charge in [0.05, 0.1) is 0 Å². The van der Waals surface area contributed by atoms with Crippen molar-refractivity contribution in [2.75, 3.05) is 31.1 Å². The number of piperazine rings is 1. The first-order chi connectivity index (χ1) is 10.2. The van der Waals surface area contributed by atoms with Gasteiger partial charge in [-0.25, -0.2) is 0 Å². The van der Waals surface area contributed by atoms with Crippen LogP contribution in [0.2, 0.25) is 0 Å². The summed E-state index contributed by atoms with van der Waals surface area (Å²) in [5.41, 5.74) is 5.53. The Hall–Kier alpha value is -1.80. The van der Waals surface area contributed by atoms with E-state index in [-0.39, 0.29) is 0 Å². The second-order valence-electron chi connectivity index (χ2n) is 6.09. The summed E-state index contributed by atoms with van der Waals surface area (Å²) >= 11 is 0. The van der Waals surface area contributed by atoms with Crippen molar-refractivity contribution in [2.24, 2.45) is 0 Å². The lowest BCUT2D eigenvalue weighted by Gasteiger charge is -2.36. The molecule has 0 radical (unpaired) electrons. The summed E-state index contributed by atoms with van der Waals surface area (Å²) in [4.78, 5) is 5.05. The van der Waals surface area contributed by atoms with Gasteiger partial charge in [-0.15, -0.1) is 0 Å². The molecule has 2 heteroatoms. The lowest BCUT2D eigenvalue weighted by Crippen LogP contribution is -2.45. The number of hydrogen-bond acceptors (Lipinski definition) is 2. The first-order valence-electron chi connectivity index (χ1n) is 7.80. The predicted octanol–water partition coefficient (Wildman–Crippen LogP) is 3.63. The van der Waals surface area contributed by atoms with Crippen LogP contribution in [-0.4, -0.2) is 31.1 Å². The third-order valence-electron chi connectivity index (χ3n) is 4.18. The van der Waals surface area contributed by atoms with Gasteiger partial charge >= 0.3 is 0 Å². The van der Waals surface area contributed by atoms with Gasteiger partial charge in [-0.05, 0) is 31.5 Å². The molecule has 0 atom stereocenters. The maximum absolute atomic E-state index is 2.56. The monoisotopic (exact) mass is 280 g/mol. The van der Waals surface area contributed by atoms with E-state index >= 15 is 0 Å². The van der Waals surface area contributed by atoms with E-state index in [4.69, 9.17) is 0 Å². The van der Waals surface area contributed by atoms with E-state index in [1.807, 2.05) is 0 Å². The van der Waals surface area contributed by atoms with E-state index in [0.29, 0.717) is 0 Å². The Morgan fingerprint density at radius 3 is 2.05 bits per heavy atom. The standard InChI is InChI=1S/C19H24N2/c1-16-12-17(2)14-18(13-16)15-20-8-10-21(11-9-20)19-6-4-3-5-7-19/h3-7,12-14H,8-11,15H2,1-2H3. The van der Waals surface area contributed by atoms with Crippen LogP contribution in [-0.2, 0) is 6.54 Å². The molecule has 2 aromatic carbocycles. The van der Waals surface area contributed by atoms with Gasteiger partial charge in [0, 0.05) is 38.4 Å². The molecule has 3 rings (SSSR count). The van der Waals surface area contributed by atoms with E-state index < -0.39 is 0 Å². The summed E-state index contributed by atoms with van der Waals surface area (Å²) < 4.78 is 0. The van der Waals surface area contributed by atoms with Gasteiger partial charge in [-0.1, -0.05) is 47.5 Å². The van der Waals surface area contributed by atoms with Crippen molar-refractivity contribution >= 4 is 5.69 Å². The number of anilines is 1. The van der Waals surface area contributed by atoms with E-state index in [2.05, 4.69) is 72.2 Å². The van der Waals surface area contributed by atoms with Crippen LogP contribution < -0.4 is 4.90 Å². The molecule has 1 heterocycles. The molecule has 0 spiro atoms. The molecule has 0 bridgehead atoms. The molecule has 0 aromatic heterocycles. The van der Waals surface area contributed by atoms with Crippen LogP contribution in [0, 0.1) is 13.8 Å². The second kappa shape index (κ2) is 6.31. The summed E-state index contributed by atoms with van der Waals surface area (Å²) in [5.74, 6) is 0. The van der Waals surface area contributed by atoms with Crippen LogP contribution in [0.15, 0.2) is 48.5 Å². The van der Waals surface area contributed by atoms with E-state index in [1.54, 1.807) is 0 Å². The highest BCUT2D eigenvalue weighted by Gasteiger charge is 2.17. The zero-order valence-corrected chi connectivity index (χ0v) is 13.0. The van der Waals surface area contributed by atoms with Crippen LogP contribution in [0.4, 0.5) is 5.69 Å². The average Bonchev–Trinajstić information content (AvgIpc) is 2.48. The fraction of sp³-hybridized carbons (Fsp3) is 0.368. The van der Waals surface area contributed by atoms with Gasteiger partial charge < -0.3 is 4.90 Å². The second-order valence-corrected chi connectivity index (χ2v) is 6.09. The van der Waals surface area contributed by atoms with Gasteiger partial charge in [-0.3, -0.25) is 4.90 Å². The van der Waals surface area contributed by atoms with Crippen molar-refractivity contribution in [3.8, 4) is 0 Å². The Balaban J connectivity index is 1.58. The summed E-state index contributed by atoms with van der Waals surface area (Å²) in [5, 5.41) is 0. The molecule has 0 aliphatic carbocycles. The highest BCUT2D eigenvalue weighted by atomic mass is 15.3. The van der Waals surface area contributed by atoms with E-state index in [9.17, 15) is 0 Å². The van der Waals surface area contributed by atoms with Gasteiger partial charge in [0.15, 0.2) is 0 Å². The van der Waals surface area contributed by atoms with Crippen LogP contribution in [0.3, 0.4) is 0 Å². The number of nitrogens with zero attached hydrogens (tertiary/aromatic N) is 2. The fourth-order valence-electron chi connectivity index (χ4n) is 3.22. The maximum Gasteiger partial charge on any atom is 0.0367 e. The molecule has 0 N–H and O–H groups in total.